The number of benzene rings is 1. The minimum atomic E-state index is -0.206. The molecule has 0 radical (unpaired) electrons. The molecule has 5 nitrogen and oxygen atoms in total. The second-order valence-corrected chi connectivity index (χ2v) is 6.07. The highest BCUT2D eigenvalue weighted by Gasteiger charge is 2.23. The lowest BCUT2D eigenvalue weighted by Gasteiger charge is -2.35. The topological polar surface area (TPSA) is 42.0 Å². The SMILES string of the molecule is CCOC(=O)N1CCN(c2csc3cc(OC)ccc23)CC1. The molecule has 0 atom stereocenters. The first-order chi connectivity index (χ1) is 10.7. The van der Waals surface area contributed by atoms with Gasteiger partial charge < -0.3 is 19.3 Å². The monoisotopic (exact) mass is 320 g/mol. The third kappa shape index (κ3) is 2.83. The summed E-state index contributed by atoms with van der Waals surface area (Å²) in [5, 5.41) is 3.43. The van der Waals surface area contributed by atoms with Crippen molar-refractivity contribution in [2.45, 2.75) is 6.92 Å². The second kappa shape index (κ2) is 6.44. The van der Waals surface area contributed by atoms with Crippen molar-refractivity contribution in [3.8, 4) is 5.75 Å². The second-order valence-electron chi connectivity index (χ2n) is 5.16. The van der Waals surface area contributed by atoms with Crippen LogP contribution in [-0.2, 0) is 4.74 Å². The smallest absolute Gasteiger partial charge is 0.409 e. The molecular formula is C16H20N2O3S. The quantitative estimate of drug-likeness (QED) is 0.871. The van der Waals surface area contributed by atoms with Gasteiger partial charge in [0.15, 0.2) is 0 Å². The van der Waals surface area contributed by atoms with Crippen molar-refractivity contribution in [1.29, 1.82) is 0 Å². The molecule has 1 aliphatic rings. The van der Waals surface area contributed by atoms with Gasteiger partial charge in [-0.05, 0) is 25.1 Å². The normalized spacial score (nSPS) is 15.2. The van der Waals surface area contributed by atoms with E-state index >= 15 is 0 Å². The molecule has 0 bridgehead atoms. The largest absolute Gasteiger partial charge is 0.497 e. The number of amides is 1. The van der Waals surface area contributed by atoms with E-state index in [0.29, 0.717) is 19.7 Å². The lowest BCUT2D eigenvalue weighted by Crippen LogP contribution is -2.48. The number of ether oxygens (including phenoxy) is 2. The first kappa shape index (κ1) is 15.0. The summed E-state index contributed by atoms with van der Waals surface area (Å²) in [4.78, 5) is 15.9. The molecule has 1 aromatic carbocycles. The lowest BCUT2D eigenvalue weighted by atomic mass is 10.2. The maximum absolute atomic E-state index is 11.7. The third-order valence-corrected chi connectivity index (χ3v) is 4.84. The van der Waals surface area contributed by atoms with Gasteiger partial charge in [-0.3, -0.25) is 0 Å². The number of carbonyl (C=O) groups excluding carboxylic acids is 1. The maximum atomic E-state index is 11.7. The van der Waals surface area contributed by atoms with Gasteiger partial charge in [-0.2, -0.15) is 0 Å². The Morgan fingerprint density at radius 2 is 2.05 bits per heavy atom. The van der Waals surface area contributed by atoms with Crippen LogP contribution in [0, 0.1) is 0 Å². The maximum Gasteiger partial charge on any atom is 0.409 e. The Labute approximate surface area is 134 Å². The Balaban J connectivity index is 1.72. The number of carbonyl (C=O) groups is 1. The van der Waals surface area contributed by atoms with Crippen molar-refractivity contribution in [3.63, 3.8) is 0 Å². The van der Waals surface area contributed by atoms with E-state index in [1.807, 2.05) is 13.0 Å². The van der Waals surface area contributed by atoms with Crippen LogP contribution in [0.2, 0.25) is 0 Å². The summed E-state index contributed by atoms with van der Waals surface area (Å²) in [6.45, 7) is 5.32. The summed E-state index contributed by atoms with van der Waals surface area (Å²) >= 11 is 1.73. The highest BCUT2D eigenvalue weighted by atomic mass is 32.1. The molecule has 22 heavy (non-hydrogen) atoms. The van der Waals surface area contributed by atoms with E-state index < -0.39 is 0 Å². The van der Waals surface area contributed by atoms with Crippen molar-refractivity contribution in [1.82, 2.24) is 4.90 Å². The van der Waals surface area contributed by atoms with E-state index in [4.69, 9.17) is 9.47 Å². The summed E-state index contributed by atoms with van der Waals surface area (Å²) in [5.41, 5.74) is 1.24. The Kier molecular flexibility index (Phi) is 4.38. The van der Waals surface area contributed by atoms with Gasteiger partial charge in [0.25, 0.3) is 0 Å². The number of hydrogen-bond donors (Lipinski definition) is 0. The van der Waals surface area contributed by atoms with Crippen molar-refractivity contribution in [2.75, 3.05) is 44.8 Å². The molecule has 1 amide bonds. The predicted molar refractivity (Wildman–Crippen MR) is 89.2 cm³/mol. The molecule has 3 rings (SSSR count). The average Bonchev–Trinajstić information content (AvgIpc) is 2.98. The fourth-order valence-electron chi connectivity index (χ4n) is 2.71. The number of hydrogen-bond acceptors (Lipinski definition) is 5. The number of anilines is 1. The Morgan fingerprint density at radius 1 is 1.27 bits per heavy atom. The third-order valence-electron chi connectivity index (χ3n) is 3.91. The number of nitrogens with zero attached hydrogens (tertiary/aromatic N) is 2. The zero-order chi connectivity index (χ0) is 15.5. The van der Waals surface area contributed by atoms with Gasteiger partial charge in [0.2, 0.25) is 0 Å². The summed E-state index contributed by atoms with van der Waals surface area (Å²) < 4.78 is 11.6. The fourth-order valence-corrected chi connectivity index (χ4v) is 3.71. The number of piperazine rings is 1. The van der Waals surface area contributed by atoms with Crippen LogP contribution in [0.4, 0.5) is 10.5 Å². The minimum Gasteiger partial charge on any atom is -0.497 e. The zero-order valence-corrected chi connectivity index (χ0v) is 13.7. The van der Waals surface area contributed by atoms with Crippen molar-refractivity contribution < 1.29 is 14.3 Å². The van der Waals surface area contributed by atoms with Crippen LogP contribution in [0.25, 0.3) is 10.1 Å². The molecule has 6 heteroatoms. The van der Waals surface area contributed by atoms with Gasteiger partial charge in [-0.1, -0.05) is 0 Å². The Bertz CT molecular complexity index is 662. The summed E-state index contributed by atoms with van der Waals surface area (Å²) in [6.07, 6.45) is -0.206. The van der Waals surface area contributed by atoms with Gasteiger partial charge >= 0.3 is 6.09 Å². The Morgan fingerprint density at radius 3 is 2.73 bits per heavy atom. The average molecular weight is 320 g/mol. The van der Waals surface area contributed by atoms with E-state index in [2.05, 4.69) is 22.4 Å². The molecule has 0 aliphatic carbocycles. The molecule has 1 aromatic heterocycles. The predicted octanol–water partition coefficient (Wildman–Crippen LogP) is 3.19. The van der Waals surface area contributed by atoms with Crippen LogP contribution in [0.15, 0.2) is 23.6 Å². The molecular weight excluding hydrogens is 300 g/mol. The Hall–Kier alpha value is -1.95. The van der Waals surface area contributed by atoms with Crippen LogP contribution < -0.4 is 9.64 Å². The molecule has 0 saturated carbocycles. The molecule has 0 spiro atoms. The van der Waals surface area contributed by atoms with Crippen LogP contribution in [-0.4, -0.2) is 50.9 Å². The molecule has 1 aliphatic heterocycles. The number of fused-ring (bicyclic) bond motifs is 1. The van der Waals surface area contributed by atoms with Gasteiger partial charge in [0, 0.05) is 41.6 Å². The summed E-state index contributed by atoms with van der Waals surface area (Å²) in [6, 6.07) is 6.17. The molecule has 1 fully saturated rings. The van der Waals surface area contributed by atoms with Gasteiger partial charge in [-0.15, -0.1) is 11.3 Å². The van der Waals surface area contributed by atoms with E-state index in [9.17, 15) is 4.79 Å². The molecule has 2 aromatic rings. The minimum absolute atomic E-state index is 0.206. The van der Waals surface area contributed by atoms with Gasteiger partial charge in [-0.25, -0.2) is 4.79 Å². The lowest BCUT2D eigenvalue weighted by molar-refractivity contribution is 0.105. The van der Waals surface area contributed by atoms with Crippen LogP contribution >= 0.6 is 11.3 Å². The van der Waals surface area contributed by atoms with Gasteiger partial charge in [0.1, 0.15) is 5.75 Å². The van der Waals surface area contributed by atoms with E-state index in [0.717, 1.165) is 18.8 Å². The molecule has 0 unspecified atom stereocenters. The fraction of sp³-hybridized carbons (Fsp3) is 0.438. The molecule has 1 saturated heterocycles. The molecule has 2 heterocycles. The standard InChI is InChI=1S/C16H20N2O3S/c1-3-21-16(19)18-8-6-17(7-9-18)14-11-22-15-10-12(20-2)4-5-13(14)15/h4-5,10-11H,3,6-9H2,1-2H3. The molecule has 118 valence electrons. The van der Waals surface area contributed by atoms with Crippen molar-refractivity contribution in [2.24, 2.45) is 0 Å². The first-order valence-electron chi connectivity index (χ1n) is 7.45. The van der Waals surface area contributed by atoms with Crippen LogP contribution in [0.5, 0.6) is 5.75 Å². The number of methoxy groups -OCH3 is 1. The van der Waals surface area contributed by atoms with Crippen LogP contribution in [0.3, 0.4) is 0 Å². The van der Waals surface area contributed by atoms with E-state index in [1.165, 1.54) is 15.8 Å². The highest BCUT2D eigenvalue weighted by Crippen LogP contribution is 2.35. The van der Waals surface area contributed by atoms with E-state index in [1.54, 1.807) is 23.3 Å². The molecule has 0 N–H and O–H groups in total. The van der Waals surface area contributed by atoms with Crippen LogP contribution in [0.1, 0.15) is 6.92 Å². The number of rotatable bonds is 3. The first-order valence-corrected chi connectivity index (χ1v) is 8.32. The van der Waals surface area contributed by atoms with Crippen molar-refractivity contribution >= 4 is 33.2 Å². The highest BCUT2D eigenvalue weighted by molar-refractivity contribution is 7.17. The van der Waals surface area contributed by atoms with Gasteiger partial charge in [0.05, 0.1) is 19.4 Å². The number of thiophene rings is 1. The zero-order valence-electron chi connectivity index (χ0n) is 12.9. The summed E-state index contributed by atoms with van der Waals surface area (Å²) in [5.74, 6) is 0.882. The summed E-state index contributed by atoms with van der Waals surface area (Å²) in [7, 11) is 1.68. The van der Waals surface area contributed by atoms with E-state index in [-0.39, 0.29) is 6.09 Å². The van der Waals surface area contributed by atoms with Crippen molar-refractivity contribution in [3.05, 3.63) is 23.6 Å².